The van der Waals surface area contributed by atoms with Crippen LogP contribution in [0.25, 0.3) is 0 Å². The highest BCUT2D eigenvalue weighted by Crippen LogP contribution is 2.31. The molecular formula is C17H25NO2. The zero-order chi connectivity index (χ0) is 14.8. The third-order valence-corrected chi connectivity index (χ3v) is 2.90. The molecule has 1 aromatic carbocycles. The Morgan fingerprint density at radius 1 is 1.15 bits per heavy atom. The Balaban J connectivity index is 2.85. The quantitative estimate of drug-likeness (QED) is 0.699. The number of ether oxygens (including phenoxy) is 2. The second-order valence-corrected chi connectivity index (χ2v) is 4.71. The Hall–Kier alpha value is -1.66. The standard InChI is InChI=1S/C17H25NO2/c1-5-10-18-14(4)15-8-9-16(19-11-6-2)17(13-15)20-12-7-3/h1,8-9,13-14,18H,6-7,10-12H2,2-4H3. The van der Waals surface area contributed by atoms with Crippen molar-refractivity contribution in [1.29, 1.82) is 0 Å². The Bertz CT molecular complexity index is 437. The molecule has 0 aliphatic heterocycles. The van der Waals surface area contributed by atoms with Crippen LogP contribution in [0.4, 0.5) is 0 Å². The molecule has 3 nitrogen and oxygen atoms in total. The summed E-state index contributed by atoms with van der Waals surface area (Å²) < 4.78 is 11.5. The number of rotatable bonds is 9. The van der Waals surface area contributed by atoms with Gasteiger partial charge in [-0.25, -0.2) is 0 Å². The van der Waals surface area contributed by atoms with Crippen LogP contribution in [0.1, 0.15) is 45.2 Å². The molecule has 0 spiro atoms. The van der Waals surface area contributed by atoms with E-state index in [4.69, 9.17) is 15.9 Å². The molecule has 0 saturated carbocycles. The predicted octanol–water partition coefficient (Wildman–Crippen LogP) is 3.55. The van der Waals surface area contributed by atoms with Crippen molar-refractivity contribution in [2.45, 2.75) is 39.7 Å². The van der Waals surface area contributed by atoms with E-state index in [0.29, 0.717) is 19.8 Å². The number of benzene rings is 1. The predicted molar refractivity (Wildman–Crippen MR) is 83.3 cm³/mol. The molecule has 3 heteroatoms. The number of hydrogen-bond donors (Lipinski definition) is 1. The van der Waals surface area contributed by atoms with Gasteiger partial charge in [0, 0.05) is 6.04 Å². The van der Waals surface area contributed by atoms with Crippen LogP contribution in [0.2, 0.25) is 0 Å². The summed E-state index contributed by atoms with van der Waals surface area (Å²) in [6.07, 6.45) is 7.23. The van der Waals surface area contributed by atoms with Gasteiger partial charge in [0.05, 0.1) is 19.8 Å². The molecule has 0 amide bonds. The number of nitrogens with one attached hydrogen (secondary N) is 1. The maximum atomic E-state index is 5.79. The minimum absolute atomic E-state index is 0.190. The lowest BCUT2D eigenvalue weighted by Crippen LogP contribution is -2.18. The van der Waals surface area contributed by atoms with E-state index in [9.17, 15) is 0 Å². The largest absolute Gasteiger partial charge is 0.490 e. The highest BCUT2D eigenvalue weighted by atomic mass is 16.5. The van der Waals surface area contributed by atoms with Crippen LogP contribution < -0.4 is 14.8 Å². The third kappa shape index (κ3) is 5.14. The molecule has 1 unspecified atom stereocenters. The molecule has 0 saturated heterocycles. The Kier molecular flexibility index (Phi) is 7.60. The van der Waals surface area contributed by atoms with Gasteiger partial charge in [-0.3, -0.25) is 5.32 Å². The molecule has 0 aliphatic rings. The van der Waals surface area contributed by atoms with Crippen molar-refractivity contribution in [3.8, 4) is 23.8 Å². The molecule has 0 aromatic heterocycles. The minimum atomic E-state index is 0.190. The summed E-state index contributed by atoms with van der Waals surface area (Å²) in [6, 6.07) is 6.26. The van der Waals surface area contributed by atoms with Gasteiger partial charge in [-0.1, -0.05) is 25.8 Å². The highest BCUT2D eigenvalue weighted by Gasteiger charge is 2.10. The Morgan fingerprint density at radius 2 is 1.80 bits per heavy atom. The summed E-state index contributed by atoms with van der Waals surface area (Å²) in [5, 5.41) is 3.26. The smallest absolute Gasteiger partial charge is 0.161 e. The molecule has 0 heterocycles. The van der Waals surface area contributed by atoms with Gasteiger partial charge >= 0.3 is 0 Å². The molecule has 0 bridgehead atoms. The topological polar surface area (TPSA) is 30.5 Å². The zero-order valence-corrected chi connectivity index (χ0v) is 12.7. The fourth-order valence-electron chi connectivity index (χ4n) is 1.78. The molecule has 1 aromatic rings. The molecular weight excluding hydrogens is 250 g/mol. The lowest BCUT2D eigenvalue weighted by molar-refractivity contribution is 0.268. The summed E-state index contributed by atoms with van der Waals surface area (Å²) in [6.45, 7) is 8.22. The minimum Gasteiger partial charge on any atom is -0.490 e. The van der Waals surface area contributed by atoms with Gasteiger partial charge in [0.1, 0.15) is 0 Å². The van der Waals surface area contributed by atoms with Crippen molar-refractivity contribution < 1.29 is 9.47 Å². The van der Waals surface area contributed by atoms with Gasteiger partial charge in [0.15, 0.2) is 11.5 Å². The van der Waals surface area contributed by atoms with Crippen LogP contribution in [-0.2, 0) is 0 Å². The van der Waals surface area contributed by atoms with Gasteiger partial charge < -0.3 is 9.47 Å². The van der Waals surface area contributed by atoms with Gasteiger partial charge in [0.2, 0.25) is 0 Å². The molecule has 20 heavy (non-hydrogen) atoms. The van der Waals surface area contributed by atoms with Gasteiger partial charge in [0.25, 0.3) is 0 Å². The van der Waals surface area contributed by atoms with Crippen LogP contribution in [-0.4, -0.2) is 19.8 Å². The van der Waals surface area contributed by atoms with E-state index in [-0.39, 0.29) is 6.04 Å². The van der Waals surface area contributed by atoms with Crippen LogP contribution in [0, 0.1) is 12.3 Å². The molecule has 0 aliphatic carbocycles. The fourth-order valence-corrected chi connectivity index (χ4v) is 1.78. The van der Waals surface area contributed by atoms with Crippen LogP contribution in [0.5, 0.6) is 11.5 Å². The van der Waals surface area contributed by atoms with Gasteiger partial charge in [-0.2, -0.15) is 0 Å². The van der Waals surface area contributed by atoms with Crippen LogP contribution in [0.3, 0.4) is 0 Å². The van der Waals surface area contributed by atoms with Crippen molar-refractivity contribution in [3.05, 3.63) is 23.8 Å². The van der Waals surface area contributed by atoms with E-state index in [1.165, 1.54) is 0 Å². The second-order valence-electron chi connectivity index (χ2n) is 4.71. The molecule has 0 fully saturated rings. The van der Waals surface area contributed by atoms with Gasteiger partial charge in [-0.15, -0.1) is 6.42 Å². The molecule has 1 N–H and O–H groups in total. The number of terminal acetylenes is 1. The van der Waals surface area contributed by atoms with Gasteiger partial charge in [-0.05, 0) is 37.5 Å². The van der Waals surface area contributed by atoms with Crippen LogP contribution in [0.15, 0.2) is 18.2 Å². The average molecular weight is 275 g/mol. The van der Waals surface area contributed by atoms with E-state index in [1.54, 1.807) is 0 Å². The highest BCUT2D eigenvalue weighted by molar-refractivity contribution is 5.43. The summed E-state index contributed by atoms with van der Waals surface area (Å²) in [4.78, 5) is 0. The third-order valence-electron chi connectivity index (χ3n) is 2.90. The van der Waals surface area contributed by atoms with Crippen molar-refractivity contribution in [2.75, 3.05) is 19.8 Å². The molecule has 110 valence electrons. The maximum absolute atomic E-state index is 5.79. The van der Waals surface area contributed by atoms with E-state index in [0.717, 1.165) is 29.9 Å². The Morgan fingerprint density at radius 3 is 2.40 bits per heavy atom. The van der Waals surface area contributed by atoms with Crippen molar-refractivity contribution in [2.24, 2.45) is 0 Å². The maximum Gasteiger partial charge on any atom is 0.161 e. The van der Waals surface area contributed by atoms with Crippen molar-refractivity contribution >= 4 is 0 Å². The molecule has 0 radical (unpaired) electrons. The zero-order valence-electron chi connectivity index (χ0n) is 12.7. The molecule has 1 atom stereocenters. The first-order chi connectivity index (χ1) is 9.72. The monoisotopic (exact) mass is 275 g/mol. The number of hydrogen-bond acceptors (Lipinski definition) is 3. The first kappa shape index (κ1) is 16.4. The van der Waals surface area contributed by atoms with E-state index < -0.39 is 0 Å². The normalized spacial score (nSPS) is 11.7. The fraction of sp³-hybridized carbons (Fsp3) is 0.529. The van der Waals surface area contributed by atoms with Crippen molar-refractivity contribution in [1.82, 2.24) is 5.32 Å². The summed E-state index contributed by atoms with van der Waals surface area (Å²) >= 11 is 0. The second kappa shape index (κ2) is 9.28. The lowest BCUT2D eigenvalue weighted by atomic mass is 10.1. The first-order valence-corrected chi connectivity index (χ1v) is 7.29. The SMILES string of the molecule is C#CCNC(C)c1ccc(OCCC)c(OCCC)c1. The van der Waals surface area contributed by atoms with E-state index in [1.807, 2.05) is 12.1 Å². The lowest BCUT2D eigenvalue weighted by Gasteiger charge is -2.17. The first-order valence-electron chi connectivity index (χ1n) is 7.29. The summed E-state index contributed by atoms with van der Waals surface area (Å²) in [7, 11) is 0. The van der Waals surface area contributed by atoms with Crippen LogP contribution >= 0.6 is 0 Å². The van der Waals surface area contributed by atoms with Crippen molar-refractivity contribution in [3.63, 3.8) is 0 Å². The van der Waals surface area contributed by atoms with E-state index in [2.05, 4.69) is 38.1 Å². The van der Waals surface area contributed by atoms with E-state index >= 15 is 0 Å². The summed E-state index contributed by atoms with van der Waals surface area (Å²) in [5.41, 5.74) is 1.15. The molecule has 1 rings (SSSR count). The average Bonchev–Trinajstić information content (AvgIpc) is 2.48. The Labute approximate surface area is 122 Å². The summed E-state index contributed by atoms with van der Waals surface area (Å²) in [5.74, 6) is 4.21.